The third-order valence-electron chi connectivity index (χ3n) is 1.80. The van der Waals surface area contributed by atoms with E-state index in [2.05, 4.69) is 11.2 Å². The fourth-order valence-corrected chi connectivity index (χ4v) is 1.07. The van der Waals surface area contributed by atoms with Gasteiger partial charge in [-0.25, -0.2) is 4.39 Å². The summed E-state index contributed by atoms with van der Waals surface area (Å²) in [7, 11) is 0. The first-order valence-corrected chi connectivity index (χ1v) is 4.13. The second-order valence-electron chi connectivity index (χ2n) is 2.85. The van der Waals surface area contributed by atoms with E-state index in [0.29, 0.717) is 5.56 Å². The van der Waals surface area contributed by atoms with E-state index in [0.717, 1.165) is 5.56 Å². The van der Waals surface area contributed by atoms with E-state index in [1.807, 2.05) is 0 Å². The molecule has 72 valence electrons. The molecule has 0 fully saturated rings. The Hall–Kier alpha value is -1.82. The van der Waals surface area contributed by atoms with E-state index in [1.165, 1.54) is 12.1 Å². The molecule has 0 radical (unpaired) electrons. The number of halogens is 1. The van der Waals surface area contributed by atoms with E-state index >= 15 is 0 Å². The molecule has 1 N–H and O–H groups in total. The summed E-state index contributed by atoms with van der Waals surface area (Å²) in [4.78, 5) is 11.4. The Morgan fingerprint density at radius 2 is 2.36 bits per heavy atom. The fraction of sp³-hybridized carbons (Fsp3) is 0.182. The van der Waals surface area contributed by atoms with E-state index in [1.54, 1.807) is 13.0 Å². The predicted molar refractivity (Wildman–Crippen MR) is 52.3 cm³/mol. The van der Waals surface area contributed by atoms with Crippen molar-refractivity contribution in [2.24, 2.45) is 0 Å². The standard InChI is InChI=1S/C11H10FNO/c1-3-6-13-11(14)10-7-9(12)5-4-8(10)2/h1,4-5,7H,6H2,2H3,(H,13,14). The van der Waals surface area contributed by atoms with Crippen molar-refractivity contribution in [2.75, 3.05) is 6.54 Å². The number of hydrogen-bond donors (Lipinski definition) is 1. The van der Waals surface area contributed by atoms with Gasteiger partial charge in [-0.2, -0.15) is 0 Å². The van der Waals surface area contributed by atoms with E-state index in [9.17, 15) is 9.18 Å². The molecular weight excluding hydrogens is 181 g/mol. The lowest BCUT2D eigenvalue weighted by atomic mass is 10.1. The maximum atomic E-state index is 12.8. The van der Waals surface area contributed by atoms with Crippen LogP contribution >= 0.6 is 0 Å². The molecule has 0 aliphatic rings. The molecule has 1 aromatic rings. The van der Waals surface area contributed by atoms with E-state index in [4.69, 9.17) is 6.42 Å². The van der Waals surface area contributed by atoms with E-state index in [-0.39, 0.29) is 12.5 Å². The van der Waals surface area contributed by atoms with Gasteiger partial charge in [0.15, 0.2) is 0 Å². The minimum atomic E-state index is -0.429. The highest BCUT2D eigenvalue weighted by Gasteiger charge is 2.08. The SMILES string of the molecule is C#CCNC(=O)c1cc(F)ccc1C. The predicted octanol–water partition coefficient (Wildman–Crippen LogP) is 1.50. The molecule has 0 aliphatic carbocycles. The van der Waals surface area contributed by atoms with Gasteiger partial charge in [0.2, 0.25) is 0 Å². The van der Waals surface area contributed by atoms with Crippen molar-refractivity contribution in [1.82, 2.24) is 5.32 Å². The molecule has 1 amide bonds. The summed E-state index contributed by atoms with van der Waals surface area (Å²) in [5.41, 5.74) is 1.04. The maximum absolute atomic E-state index is 12.8. The van der Waals surface area contributed by atoms with Crippen LogP contribution in [0, 0.1) is 25.1 Å². The van der Waals surface area contributed by atoms with Crippen LogP contribution in [0.15, 0.2) is 18.2 Å². The number of amides is 1. The number of carbonyl (C=O) groups excluding carboxylic acids is 1. The van der Waals surface area contributed by atoms with Crippen LogP contribution in [0.4, 0.5) is 4.39 Å². The summed E-state index contributed by atoms with van der Waals surface area (Å²) in [6.45, 7) is 1.89. The lowest BCUT2D eigenvalue weighted by Gasteiger charge is -2.04. The molecule has 0 saturated heterocycles. The lowest BCUT2D eigenvalue weighted by molar-refractivity contribution is 0.0957. The van der Waals surface area contributed by atoms with Crippen LogP contribution in [0.5, 0.6) is 0 Å². The second kappa shape index (κ2) is 4.43. The summed E-state index contributed by atoms with van der Waals surface area (Å²) in [5, 5.41) is 2.47. The quantitative estimate of drug-likeness (QED) is 0.705. The lowest BCUT2D eigenvalue weighted by Crippen LogP contribution is -2.24. The first-order chi connectivity index (χ1) is 6.65. The van der Waals surface area contributed by atoms with Crippen LogP contribution in [0.25, 0.3) is 0 Å². The average molecular weight is 191 g/mol. The zero-order valence-electron chi connectivity index (χ0n) is 7.80. The molecule has 2 nitrogen and oxygen atoms in total. The van der Waals surface area contributed by atoms with Gasteiger partial charge in [0.1, 0.15) is 5.82 Å². The van der Waals surface area contributed by atoms with Gasteiger partial charge in [-0.15, -0.1) is 6.42 Å². The third kappa shape index (κ3) is 2.33. The first kappa shape index (κ1) is 10.3. The molecule has 0 saturated carbocycles. The molecule has 0 atom stereocenters. The summed E-state index contributed by atoms with van der Waals surface area (Å²) in [6, 6.07) is 4.06. The van der Waals surface area contributed by atoms with Crippen molar-refractivity contribution in [3.05, 3.63) is 35.1 Å². The van der Waals surface area contributed by atoms with Gasteiger partial charge < -0.3 is 5.32 Å². The number of benzene rings is 1. The minimum Gasteiger partial charge on any atom is -0.341 e. The molecule has 0 aromatic heterocycles. The molecule has 0 heterocycles. The van der Waals surface area contributed by atoms with Crippen LogP contribution in [0.1, 0.15) is 15.9 Å². The molecule has 0 bridgehead atoms. The van der Waals surface area contributed by atoms with Crippen molar-refractivity contribution in [3.8, 4) is 12.3 Å². The van der Waals surface area contributed by atoms with Crippen molar-refractivity contribution in [3.63, 3.8) is 0 Å². The monoisotopic (exact) mass is 191 g/mol. The van der Waals surface area contributed by atoms with Gasteiger partial charge in [-0.1, -0.05) is 12.0 Å². The van der Waals surface area contributed by atoms with Gasteiger partial charge in [-0.05, 0) is 24.6 Å². The average Bonchev–Trinajstić information content (AvgIpc) is 2.18. The Morgan fingerprint density at radius 1 is 1.64 bits per heavy atom. The zero-order chi connectivity index (χ0) is 10.6. The van der Waals surface area contributed by atoms with Gasteiger partial charge in [-0.3, -0.25) is 4.79 Å². The summed E-state index contributed by atoms with van der Waals surface area (Å²) in [5.74, 6) is 1.50. The molecule has 0 unspecified atom stereocenters. The zero-order valence-corrected chi connectivity index (χ0v) is 7.80. The molecule has 0 spiro atoms. The van der Waals surface area contributed by atoms with Gasteiger partial charge in [0, 0.05) is 5.56 Å². The Bertz CT molecular complexity index is 393. The van der Waals surface area contributed by atoms with Crippen molar-refractivity contribution >= 4 is 5.91 Å². The molecule has 14 heavy (non-hydrogen) atoms. The smallest absolute Gasteiger partial charge is 0.252 e. The highest BCUT2D eigenvalue weighted by atomic mass is 19.1. The largest absolute Gasteiger partial charge is 0.341 e. The first-order valence-electron chi connectivity index (χ1n) is 4.13. The number of nitrogens with one attached hydrogen (secondary N) is 1. The molecule has 1 rings (SSSR count). The van der Waals surface area contributed by atoms with Crippen molar-refractivity contribution in [1.29, 1.82) is 0 Å². The summed E-state index contributed by atoms with van der Waals surface area (Å²) >= 11 is 0. The van der Waals surface area contributed by atoms with Gasteiger partial charge >= 0.3 is 0 Å². The Kier molecular flexibility index (Phi) is 3.24. The normalized spacial score (nSPS) is 9.21. The fourth-order valence-electron chi connectivity index (χ4n) is 1.07. The number of rotatable bonds is 2. The summed E-state index contributed by atoms with van der Waals surface area (Å²) in [6.07, 6.45) is 4.98. The molecule has 0 aliphatic heterocycles. The van der Waals surface area contributed by atoms with Crippen LogP contribution in [0.3, 0.4) is 0 Å². The minimum absolute atomic E-state index is 0.148. The Labute approximate surface area is 82.1 Å². The molecule has 1 aromatic carbocycles. The third-order valence-corrected chi connectivity index (χ3v) is 1.80. The van der Waals surface area contributed by atoms with Gasteiger partial charge in [0.25, 0.3) is 5.91 Å². The topological polar surface area (TPSA) is 29.1 Å². The number of carbonyl (C=O) groups is 1. The Morgan fingerprint density at radius 3 is 3.00 bits per heavy atom. The van der Waals surface area contributed by atoms with Crippen molar-refractivity contribution < 1.29 is 9.18 Å². The van der Waals surface area contributed by atoms with Crippen LogP contribution in [-0.4, -0.2) is 12.5 Å². The van der Waals surface area contributed by atoms with Crippen LogP contribution < -0.4 is 5.32 Å². The highest BCUT2D eigenvalue weighted by Crippen LogP contribution is 2.09. The maximum Gasteiger partial charge on any atom is 0.252 e. The van der Waals surface area contributed by atoms with Crippen LogP contribution in [-0.2, 0) is 0 Å². The highest BCUT2D eigenvalue weighted by molar-refractivity contribution is 5.95. The number of aryl methyl sites for hydroxylation is 1. The number of hydrogen-bond acceptors (Lipinski definition) is 1. The van der Waals surface area contributed by atoms with E-state index < -0.39 is 5.82 Å². The second-order valence-corrected chi connectivity index (χ2v) is 2.85. The van der Waals surface area contributed by atoms with Gasteiger partial charge in [0.05, 0.1) is 6.54 Å². The van der Waals surface area contributed by atoms with Crippen LogP contribution in [0.2, 0.25) is 0 Å². The van der Waals surface area contributed by atoms with Crippen molar-refractivity contribution in [2.45, 2.75) is 6.92 Å². The Balaban J connectivity index is 2.90. The number of terminal acetylenes is 1. The summed E-state index contributed by atoms with van der Waals surface area (Å²) < 4.78 is 12.8. The molecular formula is C11H10FNO. The molecule has 3 heteroatoms.